The van der Waals surface area contributed by atoms with E-state index >= 15 is 0 Å². The third-order valence-corrected chi connectivity index (χ3v) is 6.28. The molecule has 1 aromatic rings. The summed E-state index contributed by atoms with van der Waals surface area (Å²) in [6.07, 6.45) is 5.99. The van der Waals surface area contributed by atoms with Gasteiger partial charge in [0.2, 0.25) is 0 Å². The highest BCUT2D eigenvalue weighted by Gasteiger charge is 2.42. The van der Waals surface area contributed by atoms with E-state index in [4.69, 9.17) is 0 Å². The summed E-state index contributed by atoms with van der Waals surface area (Å²) in [4.78, 5) is 15.0. The smallest absolute Gasteiger partial charge is 0.319 e. The summed E-state index contributed by atoms with van der Waals surface area (Å²) in [5, 5.41) is 6.03. The van der Waals surface area contributed by atoms with Gasteiger partial charge in [-0.3, -0.25) is 0 Å². The van der Waals surface area contributed by atoms with E-state index in [1.54, 1.807) is 16.7 Å². The largest absolute Gasteiger partial charge is 0.332 e. The highest BCUT2D eigenvalue weighted by atomic mass is 32.2. The predicted octanol–water partition coefficient (Wildman–Crippen LogP) is 2.23. The van der Waals surface area contributed by atoms with E-state index in [2.05, 4.69) is 17.6 Å². The van der Waals surface area contributed by atoms with Crippen LogP contribution in [0.3, 0.4) is 0 Å². The SMILES string of the molecule is CC[C@H]1C[NH+]2CC[C@H]1C[C@@H]2CNC(=O)Nc1cccc(SC)c1. The van der Waals surface area contributed by atoms with Crippen LogP contribution in [-0.2, 0) is 0 Å². The third-order valence-electron chi connectivity index (χ3n) is 5.55. The lowest BCUT2D eigenvalue weighted by Crippen LogP contribution is -3.20. The molecule has 5 heteroatoms. The van der Waals surface area contributed by atoms with Crippen LogP contribution in [0.25, 0.3) is 0 Å². The van der Waals surface area contributed by atoms with Gasteiger partial charge >= 0.3 is 6.03 Å². The molecule has 2 amide bonds. The molecule has 3 N–H and O–H groups in total. The van der Waals surface area contributed by atoms with Crippen LogP contribution in [0.1, 0.15) is 26.2 Å². The van der Waals surface area contributed by atoms with Gasteiger partial charge in [-0.2, -0.15) is 0 Å². The minimum Gasteiger partial charge on any atom is -0.332 e. The molecule has 0 aromatic heterocycles. The number of rotatable bonds is 5. The molecular weight excluding hydrogens is 306 g/mol. The Morgan fingerprint density at radius 1 is 1.43 bits per heavy atom. The second kappa shape index (κ2) is 7.58. The van der Waals surface area contributed by atoms with Crippen LogP contribution in [0.4, 0.5) is 10.5 Å². The molecule has 0 saturated carbocycles. The zero-order valence-corrected chi connectivity index (χ0v) is 14.9. The van der Waals surface area contributed by atoms with Gasteiger partial charge in [-0.1, -0.05) is 13.0 Å². The summed E-state index contributed by atoms with van der Waals surface area (Å²) in [6.45, 7) is 5.68. The molecule has 0 radical (unpaired) electrons. The van der Waals surface area contributed by atoms with Gasteiger partial charge in [0.1, 0.15) is 6.04 Å². The van der Waals surface area contributed by atoms with E-state index in [0.717, 1.165) is 29.0 Å². The number of carbonyl (C=O) groups is 1. The number of amides is 2. The Morgan fingerprint density at radius 2 is 2.30 bits per heavy atom. The van der Waals surface area contributed by atoms with E-state index in [9.17, 15) is 4.79 Å². The molecule has 4 atom stereocenters. The number of hydrogen-bond acceptors (Lipinski definition) is 2. The summed E-state index contributed by atoms with van der Waals surface area (Å²) < 4.78 is 0. The maximum absolute atomic E-state index is 12.1. The Labute approximate surface area is 143 Å². The molecule has 3 saturated heterocycles. The van der Waals surface area contributed by atoms with Crippen LogP contribution in [0.15, 0.2) is 29.2 Å². The minimum absolute atomic E-state index is 0.0858. The molecule has 3 aliphatic rings. The predicted molar refractivity (Wildman–Crippen MR) is 96.2 cm³/mol. The minimum atomic E-state index is -0.0858. The van der Waals surface area contributed by atoms with E-state index in [0.29, 0.717) is 6.04 Å². The first-order valence-corrected chi connectivity index (χ1v) is 9.95. The average Bonchev–Trinajstić information content (AvgIpc) is 2.60. The van der Waals surface area contributed by atoms with E-state index < -0.39 is 0 Å². The number of nitrogens with one attached hydrogen (secondary N) is 3. The first-order valence-electron chi connectivity index (χ1n) is 8.73. The van der Waals surface area contributed by atoms with Crippen molar-refractivity contribution in [3.05, 3.63) is 24.3 Å². The maximum Gasteiger partial charge on any atom is 0.319 e. The van der Waals surface area contributed by atoms with E-state index in [1.165, 1.54) is 32.4 Å². The summed E-state index contributed by atoms with van der Waals surface area (Å²) in [5.41, 5.74) is 0.859. The molecule has 0 aliphatic carbocycles. The second-order valence-electron chi connectivity index (χ2n) is 6.83. The quantitative estimate of drug-likeness (QED) is 0.723. The Kier molecular flexibility index (Phi) is 5.49. The Hall–Kier alpha value is -1.20. The van der Waals surface area contributed by atoms with Crippen molar-refractivity contribution >= 4 is 23.5 Å². The van der Waals surface area contributed by atoms with E-state index in [-0.39, 0.29) is 6.03 Å². The van der Waals surface area contributed by atoms with Crippen LogP contribution >= 0.6 is 11.8 Å². The highest BCUT2D eigenvalue weighted by Crippen LogP contribution is 2.28. The molecular formula is C18H28N3OS+. The topological polar surface area (TPSA) is 45.6 Å². The molecule has 1 unspecified atom stereocenters. The lowest BCUT2D eigenvalue weighted by Gasteiger charge is -2.46. The Morgan fingerprint density at radius 3 is 3.00 bits per heavy atom. The van der Waals surface area contributed by atoms with Crippen molar-refractivity contribution in [2.45, 2.75) is 37.1 Å². The second-order valence-corrected chi connectivity index (χ2v) is 7.71. The van der Waals surface area contributed by atoms with Gasteiger partial charge in [0.05, 0.1) is 19.6 Å². The maximum atomic E-state index is 12.1. The van der Waals surface area contributed by atoms with Crippen molar-refractivity contribution in [1.82, 2.24) is 5.32 Å². The number of benzene rings is 1. The van der Waals surface area contributed by atoms with Crippen LogP contribution in [-0.4, -0.2) is 38.0 Å². The third kappa shape index (κ3) is 4.01. The van der Waals surface area contributed by atoms with Gasteiger partial charge in [-0.05, 0) is 36.8 Å². The Balaban J connectivity index is 1.48. The van der Waals surface area contributed by atoms with Crippen molar-refractivity contribution in [3.8, 4) is 0 Å². The first-order chi connectivity index (χ1) is 11.2. The van der Waals surface area contributed by atoms with Gasteiger partial charge < -0.3 is 15.5 Å². The van der Waals surface area contributed by atoms with Gasteiger partial charge in [0.25, 0.3) is 0 Å². The summed E-state index contributed by atoms with van der Waals surface area (Å²) in [5.74, 6) is 1.78. The van der Waals surface area contributed by atoms with Crippen LogP contribution in [0.5, 0.6) is 0 Å². The van der Waals surface area contributed by atoms with Crippen LogP contribution < -0.4 is 15.5 Å². The highest BCUT2D eigenvalue weighted by molar-refractivity contribution is 7.98. The molecule has 1 aromatic carbocycles. The normalized spacial score (nSPS) is 29.3. The number of quaternary nitrogens is 1. The standard InChI is InChI=1S/C18H27N3OS/c1-3-13-12-21-8-7-14(13)9-16(21)11-19-18(22)20-15-5-4-6-17(10-15)23-2/h4-6,10,13-14,16H,3,7-9,11-12H2,1-2H3,(H2,19,20,22)/p+1/t13-,14-,16+/m0/s1. The van der Waals surface area contributed by atoms with Crippen molar-refractivity contribution < 1.29 is 9.69 Å². The summed E-state index contributed by atoms with van der Waals surface area (Å²) in [6, 6.07) is 8.48. The average molecular weight is 335 g/mol. The molecule has 2 bridgehead atoms. The van der Waals surface area contributed by atoms with Gasteiger partial charge in [-0.25, -0.2) is 4.79 Å². The molecule has 0 spiro atoms. The van der Waals surface area contributed by atoms with Crippen molar-refractivity contribution in [2.75, 3.05) is 31.2 Å². The number of piperidine rings is 3. The molecule has 23 heavy (non-hydrogen) atoms. The first kappa shape index (κ1) is 16.7. The van der Waals surface area contributed by atoms with Crippen molar-refractivity contribution in [2.24, 2.45) is 11.8 Å². The fourth-order valence-electron chi connectivity index (χ4n) is 4.22. The fraction of sp³-hybridized carbons (Fsp3) is 0.611. The monoisotopic (exact) mass is 334 g/mol. The number of anilines is 1. The van der Waals surface area contributed by atoms with Gasteiger partial charge in [-0.15, -0.1) is 11.8 Å². The zero-order chi connectivity index (χ0) is 16.2. The number of carbonyl (C=O) groups excluding carboxylic acids is 1. The lowest BCUT2D eigenvalue weighted by molar-refractivity contribution is -0.945. The molecule has 4 rings (SSSR count). The van der Waals surface area contributed by atoms with Gasteiger partial charge in [0.15, 0.2) is 0 Å². The zero-order valence-electron chi connectivity index (χ0n) is 14.1. The lowest BCUT2D eigenvalue weighted by atomic mass is 9.74. The number of hydrogen-bond donors (Lipinski definition) is 3. The van der Waals surface area contributed by atoms with Gasteiger partial charge in [0, 0.05) is 29.3 Å². The molecule has 3 aliphatic heterocycles. The van der Waals surface area contributed by atoms with E-state index in [1.807, 2.05) is 30.5 Å². The fourth-order valence-corrected chi connectivity index (χ4v) is 4.68. The summed E-state index contributed by atoms with van der Waals surface area (Å²) >= 11 is 1.68. The number of fused-ring (bicyclic) bond motifs is 3. The van der Waals surface area contributed by atoms with Crippen LogP contribution in [0, 0.1) is 11.8 Å². The summed E-state index contributed by atoms with van der Waals surface area (Å²) in [7, 11) is 0. The number of thioether (sulfide) groups is 1. The molecule has 126 valence electrons. The van der Waals surface area contributed by atoms with Crippen molar-refractivity contribution in [1.29, 1.82) is 0 Å². The number of urea groups is 1. The molecule has 3 heterocycles. The Bertz CT molecular complexity index is 551. The molecule has 4 nitrogen and oxygen atoms in total. The van der Waals surface area contributed by atoms with Crippen LogP contribution in [0.2, 0.25) is 0 Å². The van der Waals surface area contributed by atoms with Crippen molar-refractivity contribution in [3.63, 3.8) is 0 Å². The molecule has 3 fully saturated rings.